The van der Waals surface area contributed by atoms with E-state index in [9.17, 15) is 18.0 Å². The Labute approximate surface area is 186 Å². The number of carbonyl (C=O) groups excluding carboxylic acids is 1. The lowest BCUT2D eigenvalue weighted by molar-refractivity contribution is -0.137. The highest BCUT2D eigenvalue weighted by Gasteiger charge is 2.49. The smallest absolute Gasteiger partial charge is 0.417 e. The van der Waals surface area contributed by atoms with E-state index in [2.05, 4.69) is 15.0 Å². The van der Waals surface area contributed by atoms with Gasteiger partial charge in [0.15, 0.2) is 0 Å². The van der Waals surface area contributed by atoms with Gasteiger partial charge in [0.25, 0.3) is 5.91 Å². The summed E-state index contributed by atoms with van der Waals surface area (Å²) in [5.41, 5.74) is 1.03. The van der Waals surface area contributed by atoms with Crippen molar-refractivity contribution in [2.45, 2.75) is 38.1 Å². The molecule has 0 radical (unpaired) electrons. The zero-order valence-corrected chi connectivity index (χ0v) is 17.9. The van der Waals surface area contributed by atoms with Crippen LogP contribution in [-0.4, -0.2) is 44.4 Å². The van der Waals surface area contributed by atoms with Crippen molar-refractivity contribution in [1.82, 2.24) is 19.9 Å². The molecule has 1 saturated heterocycles. The van der Waals surface area contributed by atoms with Crippen LogP contribution in [0.5, 0.6) is 5.88 Å². The monoisotopic (exact) mass is 460 g/mol. The minimum Gasteiger partial charge on any atom is -0.472 e. The maximum absolute atomic E-state index is 13.5. The fraction of sp³-hybridized carbons (Fsp3) is 0.364. The third-order valence-corrected chi connectivity index (χ3v) is 6.70. The van der Waals surface area contributed by atoms with E-state index in [1.54, 1.807) is 23.2 Å². The Morgan fingerprint density at radius 3 is 2.69 bits per heavy atom. The molecule has 0 N–H and O–H groups in total. The first-order valence-corrected chi connectivity index (χ1v) is 11.1. The number of aromatic nitrogens is 3. The van der Waals surface area contributed by atoms with Crippen molar-refractivity contribution in [1.29, 1.82) is 0 Å². The number of amides is 1. The predicted octanol–water partition coefficient (Wildman–Crippen LogP) is 4.61. The van der Waals surface area contributed by atoms with Crippen LogP contribution in [0.25, 0.3) is 10.7 Å². The molecule has 3 atom stereocenters. The van der Waals surface area contributed by atoms with Crippen molar-refractivity contribution in [3.05, 3.63) is 58.9 Å². The molecule has 5 rings (SSSR count). The van der Waals surface area contributed by atoms with Crippen LogP contribution >= 0.6 is 11.3 Å². The van der Waals surface area contributed by atoms with Crippen LogP contribution in [0, 0.1) is 12.8 Å². The molecular formula is C22H19F3N4O2S. The molecule has 6 nitrogen and oxygen atoms in total. The van der Waals surface area contributed by atoms with Crippen molar-refractivity contribution >= 4 is 17.2 Å². The Bertz CT molecular complexity index is 1140. The van der Waals surface area contributed by atoms with Gasteiger partial charge >= 0.3 is 6.18 Å². The number of carbonyl (C=O) groups is 1. The third kappa shape index (κ3) is 3.83. The summed E-state index contributed by atoms with van der Waals surface area (Å²) in [5.74, 6) is 0.275. The fourth-order valence-corrected chi connectivity index (χ4v) is 5.13. The lowest BCUT2D eigenvalue weighted by atomic mass is 10.1. The molecular weight excluding hydrogens is 441 g/mol. The summed E-state index contributed by atoms with van der Waals surface area (Å²) in [7, 11) is 0. The van der Waals surface area contributed by atoms with Crippen LogP contribution in [0.15, 0.2) is 42.0 Å². The van der Waals surface area contributed by atoms with Crippen molar-refractivity contribution in [2.24, 2.45) is 5.92 Å². The summed E-state index contributed by atoms with van der Waals surface area (Å²) in [5, 5.41) is 2.52. The SMILES string of the molecule is Cc1ccc(C(=O)N2C[C@H]3C[C@@H](Oc4ccc(C(F)(F)F)cn4)[C@@H]2C3)c(-c2nccs2)n1. The fourth-order valence-electron chi connectivity index (χ4n) is 4.49. The lowest BCUT2D eigenvalue weighted by Crippen LogP contribution is -2.47. The Kier molecular flexibility index (Phi) is 5.11. The number of thiazole rings is 1. The zero-order valence-electron chi connectivity index (χ0n) is 17.0. The highest BCUT2D eigenvalue weighted by molar-refractivity contribution is 7.13. The van der Waals surface area contributed by atoms with Crippen LogP contribution in [0.1, 0.15) is 34.5 Å². The molecule has 0 spiro atoms. The molecule has 10 heteroatoms. The van der Waals surface area contributed by atoms with Gasteiger partial charge in [0, 0.05) is 36.1 Å². The third-order valence-electron chi connectivity index (χ3n) is 5.92. The summed E-state index contributed by atoms with van der Waals surface area (Å²) in [4.78, 5) is 28.0. The van der Waals surface area contributed by atoms with Gasteiger partial charge in [0.2, 0.25) is 5.88 Å². The lowest BCUT2D eigenvalue weighted by Gasteiger charge is -2.33. The highest BCUT2D eigenvalue weighted by atomic mass is 32.1. The Balaban J connectivity index is 1.36. The van der Waals surface area contributed by atoms with Crippen molar-refractivity contribution < 1.29 is 22.7 Å². The number of likely N-dealkylation sites (tertiary alicyclic amines) is 1. The molecule has 0 aromatic carbocycles. The number of alkyl halides is 3. The topological polar surface area (TPSA) is 68.2 Å². The molecule has 2 bridgehead atoms. The number of pyridine rings is 2. The molecule has 1 aliphatic carbocycles. The van der Waals surface area contributed by atoms with E-state index in [4.69, 9.17) is 4.74 Å². The zero-order chi connectivity index (χ0) is 22.5. The standard InChI is InChI=1S/C22H19F3N4O2S/c1-12-2-4-15(19(28-12)20-26-6-7-32-20)21(30)29-11-13-8-16(29)17(9-13)31-18-5-3-14(10-27-18)22(23,24)25/h2-7,10,13,16-17H,8-9,11H2,1H3/t13-,16+,17-/m1/s1. The van der Waals surface area contributed by atoms with Crippen molar-refractivity contribution in [3.8, 4) is 16.6 Å². The van der Waals surface area contributed by atoms with Gasteiger partial charge < -0.3 is 9.64 Å². The van der Waals surface area contributed by atoms with Crippen LogP contribution in [0.4, 0.5) is 13.2 Å². The van der Waals surface area contributed by atoms with E-state index < -0.39 is 11.7 Å². The van der Waals surface area contributed by atoms with Crippen molar-refractivity contribution in [3.63, 3.8) is 0 Å². The van der Waals surface area contributed by atoms with Crippen LogP contribution in [0.2, 0.25) is 0 Å². The van der Waals surface area contributed by atoms with E-state index in [0.29, 0.717) is 22.8 Å². The number of ether oxygens (including phenoxy) is 1. The number of halogens is 3. The summed E-state index contributed by atoms with van der Waals surface area (Å²) in [6, 6.07) is 5.60. The average molecular weight is 460 g/mol. The van der Waals surface area contributed by atoms with Crippen molar-refractivity contribution in [2.75, 3.05) is 6.54 Å². The van der Waals surface area contributed by atoms with Crippen LogP contribution in [-0.2, 0) is 6.18 Å². The maximum Gasteiger partial charge on any atom is 0.417 e. The molecule has 166 valence electrons. The van der Waals surface area contributed by atoms with Gasteiger partial charge in [-0.1, -0.05) is 0 Å². The molecule has 1 saturated carbocycles. The van der Waals surface area contributed by atoms with Gasteiger partial charge in [-0.3, -0.25) is 4.79 Å². The van der Waals surface area contributed by atoms with Gasteiger partial charge in [0.1, 0.15) is 16.8 Å². The van der Waals surface area contributed by atoms with E-state index >= 15 is 0 Å². The maximum atomic E-state index is 13.5. The number of aryl methyl sites for hydroxylation is 1. The molecule has 32 heavy (non-hydrogen) atoms. The van der Waals surface area contributed by atoms with Crippen LogP contribution < -0.4 is 4.74 Å². The minimum absolute atomic E-state index is 0.128. The molecule has 1 aliphatic heterocycles. The Morgan fingerprint density at radius 2 is 2.03 bits per heavy atom. The second-order valence-corrected chi connectivity index (χ2v) is 8.98. The summed E-state index contributed by atoms with van der Waals surface area (Å²) >= 11 is 1.42. The molecule has 0 unspecified atom stereocenters. The normalized spacial score (nSPS) is 22.4. The second-order valence-electron chi connectivity index (χ2n) is 8.09. The van der Waals surface area contributed by atoms with Gasteiger partial charge in [-0.2, -0.15) is 13.2 Å². The number of fused-ring (bicyclic) bond motifs is 2. The number of piperidine rings is 1. The quantitative estimate of drug-likeness (QED) is 0.569. The largest absolute Gasteiger partial charge is 0.472 e. The second kappa shape index (κ2) is 7.84. The molecule has 3 aromatic heterocycles. The van der Waals surface area contributed by atoms with Gasteiger partial charge in [0.05, 0.1) is 17.2 Å². The van der Waals surface area contributed by atoms with Crippen LogP contribution in [0.3, 0.4) is 0 Å². The average Bonchev–Trinajstić information content (AvgIpc) is 3.50. The summed E-state index contributed by atoms with van der Waals surface area (Å²) < 4.78 is 44.2. The molecule has 2 aliphatic rings. The van der Waals surface area contributed by atoms with E-state index in [-0.39, 0.29) is 29.9 Å². The summed E-state index contributed by atoms with van der Waals surface area (Å²) in [6.07, 6.45) is -0.784. The summed E-state index contributed by atoms with van der Waals surface area (Å²) in [6.45, 7) is 2.49. The number of hydrogen-bond donors (Lipinski definition) is 0. The van der Waals surface area contributed by atoms with Gasteiger partial charge in [-0.05, 0) is 43.9 Å². The van der Waals surface area contributed by atoms with Gasteiger partial charge in [-0.25, -0.2) is 15.0 Å². The van der Waals surface area contributed by atoms with Gasteiger partial charge in [-0.15, -0.1) is 11.3 Å². The molecule has 2 fully saturated rings. The molecule has 4 heterocycles. The first kappa shape index (κ1) is 20.9. The van der Waals surface area contributed by atoms with E-state index in [0.717, 1.165) is 30.8 Å². The number of hydrogen-bond acceptors (Lipinski definition) is 6. The Hall–Kier alpha value is -3.01. The predicted molar refractivity (Wildman–Crippen MR) is 111 cm³/mol. The van der Waals surface area contributed by atoms with E-state index in [1.165, 1.54) is 17.4 Å². The number of nitrogens with zero attached hydrogens (tertiary/aromatic N) is 4. The first-order valence-electron chi connectivity index (χ1n) is 10.2. The Morgan fingerprint density at radius 1 is 1.19 bits per heavy atom. The molecule has 3 aromatic rings. The minimum atomic E-state index is -4.45. The first-order chi connectivity index (χ1) is 15.3. The number of rotatable bonds is 4. The molecule has 1 amide bonds. The highest BCUT2D eigenvalue weighted by Crippen LogP contribution is 2.41. The van der Waals surface area contributed by atoms with E-state index in [1.807, 2.05) is 12.3 Å².